The first-order valence-electron chi connectivity index (χ1n) is 5.88. The summed E-state index contributed by atoms with van der Waals surface area (Å²) in [5.74, 6) is -0.224. The van der Waals surface area contributed by atoms with Gasteiger partial charge in [0.2, 0.25) is 0 Å². The van der Waals surface area contributed by atoms with Crippen LogP contribution in [0.3, 0.4) is 0 Å². The first-order valence-corrected chi connectivity index (χ1v) is 5.88. The number of carbonyl (C=O) groups excluding carboxylic acids is 1. The molecule has 0 aliphatic heterocycles. The largest absolute Gasteiger partial charge is 0.416 e. The van der Waals surface area contributed by atoms with Gasteiger partial charge in [0.15, 0.2) is 0 Å². The second kappa shape index (κ2) is 4.37. The molecular formula is C14H12F3NO. The maximum atomic E-state index is 12.5. The van der Waals surface area contributed by atoms with Crippen molar-refractivity contribution in [3.8, 4) is 6.07 Å². The Morgan fingerprint density at radius 3 is 2.16 bits per heavy atom. The molecule has 0 radical (unpaired) electrons. The third-order valence-electron chi connectivity index (χ3n) is 3.81. The molecular weight excluding hydrogens is 255 g/mol. The molecule has 1 aromatic rings. The smallest absolute Gasteiger partial charge is 0.300 e. The van der Waals surface area contributed by atoms with Crippen molar-refractivity contribution in [2.45, 2.75) is 31.9 Å². The van der Waals surface area contributed by atoms with E-state index in [1.54, 1.807) is 6.92 Å². The number of rotatable bonds is 2. The fourth-order valence-corrected chi connectivity index (χ4v) is 2.41. The van der Waals surface area contributed by atoms with Gasteiger partial charge in [-0.3, -0.25) is 4.79 Å². The Morgan fingerprint density at radius 2 is 1.79 bits per heavy atom. The molecule has 0 N–H and O–H groups in total. The maximum absolute atomic E-state index is 12.5. The SMILES string of the molecule is CC(c1ccc(C(F)(F)F)cc1)C1(C#N)CC(=O)C1. The average molecular weight is 267 g/mol. The zero-order valence-electron chi connectivity index (χ0n) is 10.3. The molecule has 1 aliphatic rings. The number of hydrogen-bond donors (Lipinski definition) is 0. The Balaban J connectivity index is 2.24. The van der Waals surface area contributed by atoms with Gasteiger partial charge in [-0.05, 0) is 17.7 Å². The fourth-order valence-electron chi connectivity index (χ4n) is 2.41. The molecule has 19 heavy (non-hydrogen) atoms. The highest BCUT2D eigenvalue weighted by molar-refractivity contribution is 5.87. The van der Waals surface area contributed by atoms with Gasteiger partial charge >= 0.3 is 6.18 Å². The summed E-state index contributed by atoms with van der Waals surface area (Å²) in [7, 11) is 0. The number of Topliss-reactive ketones (excluding diaryl/α,β-unsaturated/α-hetero) is 1. The van der Waals surface area contributed by atoms with Gasteiger partial charge in [-0.15, -0.1) is 0 Å². The number of halogens is 3. The molecule has 1 atom stereocenters. The Labute approximate surface area is 108 Å². The number of nitriles is 1. The summed E-state index contributed by atoms with van der Waals surface area (Å²) >= 11 is 0. The highest BCUT2D eigenvalue weighted by Gasteiger charge is 2.48. The predicted molar refractivity (Wildman–Crippen MR) is 62.1 cm³/mol. The van der Waals surface area contributed by atoms with E-state index in [4.69, 9.17) is 0 Å². The van der Waals surface area contributed by atoms with Crippen LogP contribution in [0.25, 0.3) is 0 Å². The lowest BCUT2D eigenvalue weighted by molar-refractivity contribution is -0.137. The zero-order chi connectivity index (χ0) is 14.3. The van der Waals surface area contributed by atoms with Crippen LogP contribution >= 0.6 is 0 Å². The van der Waals surface area contributed by atoms with E-state index in [0.29, 0.717) is 5.56 Å². The summed E-state index contributed by atoms with van der Waals surface area (Å²) in [6.07, 6.45) is -3.99. The summed E-state index contributed by atoms with van der Waals surface area (Å²) in [6, 6.07) is 6.94. The molecule has 1 aromatic carbocycles. The molecule has 0 bridgehead atoms. The Kier molecular flexibility index (Phi) is 3.13. The molecule has 0 spiro atoms. The number of ketones is 1. The lowest BCUT2D eigenvalue weighted by atomic mass is 9.60. The van der Waals surface area contributed by atoms with Gasteiger partial charge in [-0.1, -0.05) is 19.1 Å². The van der Waals surface area contributed by atoms with Crippen molar-refractivity contribution in [1.82, 2.24) is 0 Å². The number of benzene rings is 1. The molecule has 0 amide bonds. The summed E-state index contributed by atoms with van der Waals surface area (Å²) < 4.78 is 37.4. The van der Waals surface area contributed by atoms with E-state index in [0.717, 1.165) is 12.1 Å². The van der Waals surface area contributed by atoms with Crippen molar-refractivity contribution in [1.29, 1.82) is 5.26 Å². The van der Waals surface area contributed by atoms with Crippen LogP contribution in [0.5, 0.6) is 0 Å². The van der Waals surface area contributed by atoms with Crippen LogP contribution < -0.4 is 0 Å². The van der Waals surface area contributed by atoms with Gasteiger partial charge in [0.25, 0.3) is 0 Å². The Bertz CT molecular complexity index is 531. The lowest BCUT2D eigenvalue weighted by Gasteiger charge is -2.39. The van der Waals surface area contributed by atoms with E-state index >= 15 is 0 Å². The van der Waals surface area contributed by atoms with E-state index in [9.17, 15) is 23.2 Å². The molecule has 0 heterocycles. The molecule has 1 unspecified atom stereocenters. The number of nitrogens with zero attached hydrogens (tertiary/aromatic N) is 1. The monoisotopic (exact) mass is 267 g/mol. The first-order chi connectivity index (χ1) is 8.78. The van der Waals surface area contributed by atoms with Gasteiger partial charge in [-0.25, -0.2) is 0 Å². The van der Waals surface area contributed by atoms with E-state index in [-0.39, 0.29) is 24.5 Å². The van der Waals surface area contributed by atoms with Crippen molar-refractivity contribution in [3.63, 3.8) is 0 Å². The summed E-state index contributed by atoms with van der Waals surface area (Å²) in [5, 5.41) is 9.19. The van der Waals surface area contributed by atoms with E-state index < -0.39 is 17.2 Å². The molecule has 0 saturated heterocycles. The van der Waals surface area contributed by atoms with Crippen molar-refractivity contribution in [2.24, 2.45) is 5.41 Å². The second-order valence-electron chi connectivity index (χ2n) is 5.00. The molecule has 5 heteroatoms. The van der Waals surface area contributed by atoms with Crippen LogP contribution in [-0.2, 0) is 11.0 Å². The van der Waals surface area contributed by atoms with Gasteiger partial charge < -0.3 is 0 Å². The molecule has 2 rings (SSSR count). The Hall–Kier alpha value is -1.83. The maximum Gasteiger partial charge on any atom is 0.416 e. The lowest BCUT2D eigenvalue weighted by Crippen LogP contribution is -2.40. The van der Waals surface area contributed by atoms with Gasteiger partial charge in [0, 0.05) is 18.8 Å². The normalized spacial score (nSPS) is 19.4. The van der Waals surface area contributed by atoms with E-state index in [1.165, 1.54) is 12.1 Å². The van der Waals surface area contributed by atoms with E-state index in [2.05, 4.69) is 6.07 Å². The average Bonchev–Trinajstić information content (AvgIpc) is 2.33. The van der Waals surface area contributed by atoms with Crippen molar-refractivity contribution < 1.29 is 18.0 Å². The van der Waals surface area contributed by atoms with Crippen LogP contribution in [0.2, 0.25) is 0 Å². The van der Waals surface area contributed by atoms with Crippen LogP contribution in [-0.4, -0.2) is 5.78 Å². The standard InChI is InChI=1S/C14H12F3NO/c1-9(13(8-18)6-12(19)7-13)10-2-4-11(5-3-10)14(15,16)17/h2-5,9H,6-7H2,1H3. The van der Waals surface area contributed by atoms with Gasteiger partial charge in [0.05, 0.1) is 17.0 Å². The van der Waals surface area contributed by atoms with E-state index in [1.807, 2.05) is 0 Å². The third-order valence-corrected chi connectivity index (χ3v) is 3.81. The molecule has 1 saturated carbocycles. The summed E-state index contributed by atoms with van der Waals surface area (Å²) in [6.45, 7) is 1.78. The van der Waals surface area contributed by atoms with Crippen LogP contribution in [0.4, 0.5) is 13.2 Å². The quantitative estimate of drug-likeness (QED) is 0.820. The first kappa shape index (κ1) is 13.6. The van der Waals surface area contributed by atoms with Crippen LogP contribution in [0, 0.1) is 16.7 Å². The zero-order valence-corrected chi connectivity index (χ0v) is 10.3. The number of carbonyl (C=O) groups is 1. The molecule has 0 aromatic heterocycles. The second-order valence-corrected chi connectivity index (χ2v) is 5.00. The Morgan fingerprint density at radius 1 is 1.26 bits per heavy atom. The van der Waals surface area contributed by atoms with Crippen molar-refractivity contribution in [2.75, 3.05) is 0 Å². The fraction of sp³-hybridized carbons (Fsp3) is 0.429. The van der Waals surface area contributed by atoms with Crippen molar-refractivity contribution >= 4 is 5.78 Å². The topological polar surface area (TPSA) is 40.9 Å². The number of hydrogen-bond acceptors (Lipinski definition) is 2. The van der Waals surface area contributed by atoms with Gasteiger partial charge in [-0.2, -0.15) is 18.4 Å². The molecule has 100 valence electrons. The summed E-state index contributed by atoms with van der Waals surface area (Å²) in [4.78, 5) is 11.1. The number of alkyl halides is 3. The minimum Gasteiger partial charge on any atom is -0.300 e. The van der Waals surface area contributed by atoms with Crippen LogP contribution in [0.15, 0.2) is 24.3 Å². The third kappa shape index (κ3) is 2.35. The van der Waals surface area contributed by atoms with Gasteiger partial charge in [0.1, 0.15) is 5.78 Å². The molecule has 1 fully saturated rings. The predicted octanol–water partition coefficient (Wildman–Crippen LogP) is 3.68. The van der Waals surface area contributed by atoms with Crippen LogP contribution in [0.1, 0.15) is 36.8 Å². The minimum absolute atomic E-state index is 0.0281. The highest BCUT2D eigenvalue weighted by atomic mass is 19.4. The minimum atomic E-state index is -4.36. The molecule has 1 aliphatic carbocycles. The summed E-state index contributed by atoms with van der Waals surface area (Å²) in [5.41, 5.74) is -0.808. The highest BCUT2D eigenvalue weighted by Crippen LogP contribution is 2.49. The van der Waals surface area contributed by atoms with Crippen molar-refractivity contribution in [3.05, 3.63) is 35.4 Å². The molecule has 2 nitrogen and oxygen atoms in total.